The molecular formula is C23H26N2O2S2. The average Bonchev–Trinajstić information content (AvgIpc) is 3.16. The van der Waals surface area contributed by atoms with E-state index >= 15 is 0 Å². The Balaban J connectivity index is 1.44. The van der Waals surface area contributed by atoms with E-state index in [4.69, 9.17) is 4.74 Å². The van der Waals surface area contributed by atoms with Crippen molar-refractivity contribution in [1.29, 1.82) is 0 Å². The van der Waals surface area contributed by atoms with E-state index in [1.807, 2.05) is 29.6 Å². The summed E-state index contributed by atoms with van der Waals surface area (Å²) in [4.78, 5) is 16.8. The molecule has 29 heavy (non-hydrogen) atoms. The molecule has 2 aromatic carbocycles. The summed E-state index contributed by atoms with van der Waals surface area (Å²) < 4.78 is 6.23. The SMILES string of the molecule is COc1cccc(CCNC(=O)Cc2csc(SCc3cc(C)ccc3C)n2)c1. The molecule has 0 aliphatic heterocycles. The fourth-order valence-corrected chi connectivity index (χ4v) is 4.84. The number of aryl methyl sites for hydroxylation is 2. The van der Waals surface area contributed by atoms with Gasteiger partial charge in [-0.05, 0) is 49.1 Å². The number of benzene rings is 2. The summed E-state index contributed by atoms with van der Waals surface area (Å²) in [5, 5.41) is 4.96. The summed E-state index contributed by atoms with van der Waals surface area (Å²) in [6.45, 7) is 4.85. The number of hydrogen-bond acceptors (Lipinski definition) is 5. The van der Waals surface area contributed by atoms with Crippen LogP contribution >= 0.6 is 23.1 Å². The van der Waals surface area contributed by atoms with Crippen LogP contribution in [-0.2, 0) is 23.4 Å². The van der Waals surface area contributed by atoms with Gasteiger partial charge in [0.2, 0.25) is 5.91 Å². The number of thioether (sulfide) groups is 1. The maximum absolute atomic E-state index is 12.2. The molecular weight excluding hydrogens is 400 g/mol. The highest BCUT2D eigenvalue weighted by Gasteiger charge is 2.09. The normalized spacial score (nSPS) is 10.7. The molecule has 1 N–H and O–H groups in total. The van der Waals surface area contributed by atoms with Crippen LogP contribution in [0.5, 0.6) is 5.75 Å². The van der Waals surface area contributed by atoms with E-state index in [0.717, 1.165) is 33.5 Å². The van der Waals surface area contributed by atoms with Crippen LogP contribution in [0.1, 0.15) is 27.9 Å². The fourth-order valence-electron chi connectivity index (χ4n) is 2.93. The standard InChI is InChI=1S/C23H26N2O2S2/c1-16-7-8-17(2)19(11-16)14-28-23-25-20(15-29-23)13-22(26)24-10-9-18-5-4-6-21(12-18)27-3/h4-8,11-12,15H,9-10,13-14H2,1-3H3,(H,24,26). The molecule has 0 radical (unpaired) electrons. The number of hydrogen-bond donors (Lipinski definition) is 1. The minimum atomic E-state index is 0.00396. The van der Waals surface area contributed by atoms with Crippen LogP contribution in [0.25, 0.3) is 0 Å². The predicted octanol–water partition coefficient (Wildman–Crippen LogP) is 4.96. The van der Waals surface area contributed by atoms with Crippen LogP contribution in [0.4, 0.5) is 0 Å². The van der Waals surface area contributed by atoms with Gasteiger partial charge in [-0.2, -0.15) is 0 Å². The first-order valence-corrected chi connectivity index (χ1v) is 11.4. The lowest BCUT2D eigenvalue weighted by molar-refractivity contribution is -0.120. The van der Waals surface area contributed by atoms with Crippen molar-refractivity contribution in [2.24, 2.45) is 0 Å². The van der Waals surface area contributed by atoms with E-state index in [1.165, 1.54) is 16.7 Å². The number of ether oxygens (including phenoxy) is 1. The Morgan fingerprint density at radius 1 is 1.21 bits per heavy atom. The van der Waals surface area contributed by atoms with Crippen LogP contribution in [0.15, 0.2) is 52.2 Å². The Hall–Kier alpha value is -2.31. The van der Waals surface area contributed by atoms with Gasteiger partial charge in [-0.1, -0.05) is 47.7 Å². The maximum Gasteiger partial charge on any atom is 0.226 e. The van der Waals surface area contributed by atoms with E-state index in [2.05, 4.69) is 42.3 Å². The number of aromatic nitrogens is 1. The fraction of sp³-hybridized carbons (Fsp3) is 0.304. The monoisotopic (exact) mass is 426 g/mol. The number of nitrogens with one attached hydrogen (secondary N) is 1. The first kappa shape index (κ1) is 21.4. The number of carbonyl (C=O) groups excluding carboxylic acids is 1. The zero-order chi connectivity index (χ0) is 20.6. The van der Waals surface area contributed by atoms with Gasteiger partial charge in [0.05, 0.1) is 19.2 Å². The summed E-state index contributed by atoms with van der Waals surface area (Å²) in [6.07, 6.45) is 1.09. The lowest BCUT2D eigenvalue weighted by atomic mass is 10.1. The second-order valence-corrected chi connectivity index (χ2v) is 9.03. The highest BCUT2D eigenvalue weighted by atomic mass is 32.2. The molecule has 1 amide bonds. The molecule has 0 unspecified atom stereocenters. The van der Waals surface area contributed by atoms with Gasteiger partial charge >= 0.3 is 0 Å². The highest BCUT2D eigenvalue weighted by molar-refractivity contribution is 8.00. The van der Waals surface area contributed by atoms with Gasteiger partial charge in [-0.25, -0.2) is 4.98 Å². The van der Waals surface area contributed by atoms with Crippen molar-refractivity contribution in [2.45, 2.75) is 36.8 Å². The van der Waals surface area contributed by atoms with Gasteiger partial charge in [0, 0.05) is 17.7 Å². The summed E-state index contributed by atoms with van der Waals surface area (Å²) >= 11 is 3.33. The van der Waals surface area contributed by atoms with Gasteiger partial charge in [-0.3, -0.25) is 4.79 Å². The van der Waals surface area contributed by atoms with Crippen molar-refractivity contribution >= 4 is 29.0 Å². The van der Waals surface area contributed by atoms with E-state index in [0.29, 0.717) is 13.0 Å². The van der Waals surface area contributed by atoms with Gasteiger partial charge < -0.3 is 10.1 Å². The molecule has 0 aliphatic carbocycles. The first-order chi connectivity index (χ1) is 14.0. The lowest BCUT2D eigenvalue weighted by Gasteiger charge is -2.06. The van der Waals surface area contributed by atoms with Gasteiger partial charge in [0.1, 0.15) is 10.1 Å². The highest BCUT2D eigenvalue weighted by Crippen LogP contribution is 2.28. The number of thiazole rings is 1. The number of carbonyl (C=O) groups is 1. The number of nitrogens with zero attached hydrogens (tertiary/aromatic N) is 1. The molecule has 0 aliphatic rings. The van der Waals surface area contributed by atoms with Crippen molar-refractivity contribution in [2.75, 3.05) is 13.7 Å². The maximum atomic E-state index is 12.2. The van der Waals surface area contributed by atoms with Gasteiger partial charge in [0.25, 0.3) is 0 Å². The van der Waals surface area contributed by atoms with E-state index in [1.54, 1.807) is 30.2 Å². The smallest absolute Gasteiger partial charge is 0.226 e. The predicted molar refractivity (Wildman–Crippen MR) is 121 cm³/mol. The topological polar surface area (TPSA) is 51.2 Å². The largest absolute Gasteiger partial charge is 0.497 e. The van der Waals surface area contributed by atoms with E-state index in [9.17, 15) is 4.79 Å². The molecule has 1 aromatic heterocycles. The van der Waals surface area contributed by atoms with Gasteiger partial charge in [0.15, 0.2) is 0 Å². The van der Waals surface area contributed by atoms with Crippen molar-refractivity contribution in [1.82, 2.24) is 10.3 Å². The second kappa shape index (κ2) is 10.5. The molecule has 0 atom stereocenters. The zero-order valence-corrected chi connectivity index (χ0v) is 18.7. The number of methoxy groups -OCH3 is 1. The molecule has 3 rings (SSSR count). The van der Waals surface area contributed by atoms with Crippen molar-refractivity contribution in [3.63, 3.8) is 0 Å². The second-order valence-electron chi connectivity index (χ2n) is 6.95. The third-order valence-electron chi connectivity index (χ3n) is 4.60. The quantitative estimate of drug-likeness (QED) is 0.491. The van der Waals surface area contributed by atoms with Crippen molar-refractivity contribution < 1.29 is 9.53 Å². The molecule has 152 valence electrons. The van der Waals surface area contributed by atoms with Crippen molar-refractivity contribution in [3.05, 3.63) is 75.8 Å². The molecule has 3 aromatic rings. The molecule has 0 saturated carbocycles. The van der Waals surface area contributed by atoms with Crippen LogP contribution in [-0.4, -0.2) is 24.5 Å². The molecule has 0 bridgehead atoms. The molecule has 0 saturated heterocycles. The summed E-state index contributed by atoms with van der Waals surface area (Å²) in [6, 6.07) is 14.4. The third kappa shape index (κ3) is 6.61. The Morgan fingerprint density at radius 3 is 2.90 bits per heavy atom. The Morgan fingerprint density at radius 2 is 2.07 bits per heavy atom. The number of amides is 1. The Labute approximate surface area is 180 Å². The third-order valence-corrected chi connectivity index (χ3v) is 6.72. The lowest BCUT2D eigenvalue weighted by Crippen LogP contribution is -2.27. The zero-order valence-electron chi connectivity index (χ0n) is 17.0. The van der Waals surface area contributed by atoms with Gasteiger partial charge in [-0.15, -0.1) is 11.3 Å². The van der Waals surface area contributed by atoms with Crippen LogP contribution in [0, 0.1) is 13.8 Å². The van der Waals surface area contributed by atoms with E-state index < -0.39 is 0 Å². The minimum Gasteiger partial charge on any atom is -0.497 e. The van der Waals surface area contributed by atoms with Crippen LogP contribution < -0.4 is 10.1 Å². The average molecular weight is 427 g/mol. The molecule has 4 nitrogen and oxygen atoms in total. The first-order valence-electron chi connectivity index (χ1n) is 9.56. The summed E-state index contributed by atoms with van der Waals surface area (Å²) in [5.41, 5.74) is 5.88. The Bertz CT molecular complexity index is 969. The minimum absolute atomic E-state index is 0.00396. The summed E-state index contributed by atoms with van der Waals surface area (Å²) in [7, 11) is 1.66. The molecule has 6 heteroatoms. The van der Waals surface area contributed by atoms with Crippen LogP contribution in [0.2, 0.25) is 0 Å². The Kier molecular flexibility index (Phi) is 7.72. The molecule has 1 heterocycles. The summed E-state index contributed by atoms with van der Waals surface area (Å²) in [5.74, 6) is 1.74. The van der Waals surface area contributed by atoms with Crippen molar-refractivity contribution in [3.8, 4) is 5.75 Å². The van der Waals surface area contributed by atoms with E-state index in [-0.39, 0.29) is 5.91 Å². The number of rotatable bonds is 9. The molecule has 0 spiro atoms. The van der Waals surface area contributed by atoms with Crippen LogP contribution in [0.3, 0.4) is 0 Å². The molecule has 0 fully saturated rings.